The minimum absolute atomic E-state index is 0.0713. The maximum atomic E-state index is 12.6. The molecular weight excluding hydrogens is 260 g/mol. The van der Waals surface area contributed by atoms with Gasteiger partial charge in [-0.3, -0.25) is 4.79 Å². The lowest BCUT2D eigenvalue weighted by Crippen LogP contribution is -2.27. The second kappa shape index (κ2) is 5.64. The lowest BCUT2D eigenvalue weighted by atomic mass is 9.94. The number of nitrogens with zero attached hydrogens (tertiary/aromatic N) is 2. The van der Waals surface area contributed by atoms with Gasteiger partial charge < -0.3 is 0 Å². The Kier molecular flexibility index (Phi) is 3.53. The molecule has 0 spiro atoms. The van der Waals surface area contributed by atoms with Gasteiger partial charge >= 0.3 is 0 Å². The molecule has 0 saturated heterocycles. The predicted molar refractivity (Wildman–Crippen MR) is 83.8 cm³/mol. The third kappa shape index (κ3) is 2.44. The Balaban J connectivity index is 2.03. The SMILES string of the molecule is C#CCC1C(=O)N(c2ccccc2)N=C1c1ccccc1. The monoisotopic (exact) mass is 274 g/mol. The van der Waals surface area contributed by atoms with Crippen LogP contribution in [0.15, 0.2) is 65.8 Å². The van der Waals surface area contributed by atoms with Crippen molar-refractivity contribution in [2.45, 2.75) is 6.42 Å². The summed E-state index contributed by atoms with van der Waals surface area (Å²) < 4.78 is 0. The van der Waals surface area contributed by atoms with Gasteiger partial charge in [-0.25, -0.2) is 0 Å². The Morgan fingerprint density at radius 3 is 2.29 bits per heavy atom. The Morgan fingerprint density at radius 1 is 1.05 bits per heavy atom. The van der Waals surface area contributed by atoms with Gasteiger partial charge in [-0.1, -0.05) is 48.5 Å². The van der Waals surface area contributed by atoms with E-state index >= 15 is 0 Å². The van der Waals surface area contributed by atoms with E-state index in [1.54, 1.807) is 0 Å². The smallest absolute Gasteiger partial charge is 0.257 e. The molecule has 1 aliphatic heterocycles. The first-order valence-electron chi connectivity index (χ1n) is 6.77. The highest BCUT2D eigenvalue weighted by Gasteiger charge is 2.36. The molecule has 21 heavy (non-hydrogen) atoms. The summed E-state index contributed by atoms with van der Waals surface area (Å²) in [7, 11) is 0. The van der Waals surface area contributed by atoms with Crippen LogP contribution in [0.1, 0.15) is 12.0 Å². The highest BCUT2D eigenvalue weighted by atomic mass is 16.2. The van der Waals surface area contributed by atoms with Crippen molar-refractivity contribution in [1.82, 2.24) is 0 Å². The molecule has 3 heteroatoms. The van der Waals surface area contributed by atoms with Crippen molar-refractivity contribution in [3.8, 4) is 12.3 Å². The molecule has 1 heterocycles. The van der Waals surface area contributed by atoms with Gasteiger partial charge in [0, 0.05) is 6.42 Å². The first kappa shape index (κ1) is 13.1. The van der Waals surface area contributed by atoms with E-state index in [0.717, 1.165) is 17.0 Å². The standard InChI is InChI=1S/C18H14N2O/c1-2-9-16-17(14-10-5-3-6-11-14)19-20(18(16)21)15-12-7-4-8-13-15/h1,3-8,10-13,16H,9H2. The molecule has 2 aromatic rings. The number of carbonyl (C=O) groups is 1. The van der Waals surface area contributed by atoms with Crippen LogP contribution in [0.4, 0.5) is 5.69 Å². The van der Waals surface area contributed by atoms with Crippen molar-refractivity contribution in [3.63, 3.8) is 0 Å². The number of rotatable bonds is 3. The zero-order valence-electron chi connectivity index (χ0n) is 11.4. The highest BCUT2D eigenvalue weighted by Crippen LogP contribution is 2.28. The lowest BCUT2D eigenvalue weighted by molar-refractivity contribution is -0.119. The average Bonchev–Trinajstić information content (AvgIpc) is 2.87. The molecule has 0 N–H and O–H groups in total. The fourth-order valence-corrected chi connectivity index (χ4v) is 2.42. The summed E-state index contributed by atoms with van der Waals surface area (Å²) in [5.41, 5.74) is 2.43. The van der Waals surface area contributed by atoms with E-state index in [0.29, 0.717) is 6.42 Å². The van der Waals surface area contributed by atoms with Gasteiger partial charge in [-0.2, -0.15) is 10.1 Å². The second-order valence-electron chi connectivity index (χ2n) is 4.80. The van der Waals surface area contributed by atoms with Crippen molar-refractivity contribution < 1.29 is 4.79 Å². The quantitative estimate of drug-likeness (QED) is 0.792. The predicted octanol–water partition coefficient (Wildman–Crippen LogP) is 3.08. The molecule has 3 rings (SSSR count). The van der Waals surface area contributed by atoms with Crippen LogP contribution in [-0.4, -0.2) is 11.6 Å². The molecule has 102 valence electrons. The summed E-state index contributed by atoms with van der Waals surface area (Å²) in [5, 5.41) is 5.96. The molecule has 0 fully saturated rings. The Labute approximate surface area is 123 Å². The summed E-state index contributed by atoms with van der Waals surface area (Å²) in [4.78, 5) is 12.6. The van der Waals surface area contributed by atoms with Crippen LogP contribution >= 0.6 is 0 Å². The lowest BCUT2D eigenvalue weighted by Gasteiger charge is -2.12. The normalized spacial score (nSPS) is 17.5. The molecule has 1 aliphatic rings. The van der Waals surface area contributed by atoms with Crippen LogP contribution in [-0.2, 0) is 4.79 Å². The van der Waals surface area contributed by atoms with Crippen LogP contribution in [0.5, 0.6) is 0 Å². The van der Waals surface area contributed by atoms with Crippen LogP contribution in [0.2, 0.25) is 0 Å². The summed E-state index contributed by atoms with van der Waals surface area (Å²) in [6.07, 6.45) is 5.78. The zero-order valence-corrected chi connectivity index (χ0v) is 11.4. The Hall–Kier alpha value is -2.86. The largest absolute Gasteiger partial charge is 0.272 e. The van der Waals surface area contributed by atoms with Gasteiger partial charge in [0.2, 0.25) is 0 Å². The number of carbonyl (C=O) groups excluding carboxylic acids is 1. The minimum Gasteiger partial charge on any atom is -0.272 e. The van der Waals surface area contributed by atoms with Gasteiger partial charge in [-0.05, 0) is 17.7 Å². The molecule has 3 nitrogen and oxygen atoms in total. The summed E-state index contributed by atoms with van der Waals surface area (Å²) >= 11 is 0. The number of terminal acetylenes is 1. The minimum atomic E-state index is -0.377. The molecule has 0 bridgehead atoms. The van der Waals surface area contributed by atoms with Gasteiger partial charge in [0.15, 0.2) is 0 Å². The zero-order chi connectivity index (χ0) is 14.7. The van der Waals surface area contributed by atoms with E-state index in [1.165, 1.54) is 5.01 Å². The number of hydrogen-bond donors (Lipinski definition) is 0. The number of hydrazone groups is 1. The number of hydrogen-bond acceptors (Lipinski definition) is 2. The molecule has 0 saturated carbocycles. The Bertz CT molecular complexity index is 714. The topological polar surface area (TPSA) is 32.7 Å². The fraction of sp³-hybridized carbons (Fsp3) is 0.111. The number of para-hydroxylation sites is 1. The van der Waals surface area contributed by atoms with Crippen LogP contribution < -0.4 is 5.01 Å². The third-order valence-corrected chi connectivity index (χ3v) is 3.44. The molecule has 0 aliphatic carbocycles. The Morgan fingerprint density at radius 2 is 1.67 bits per heavy atom. The van der Waals surface area contributed by atoms with E-state index < -0.39 is 0 Å². The van der Waals surface area contributed by atoms with E-state index in [1.807, 2.05) is 60.7 Å². The van der Waals surface area contributed by atoms with Crippen molar-refractivity contribution in [1.29, 1.82) is 0 Å². The van der Waals surface area contributed by atoms with Crippen molar-refractivity contribution in [2.75, 3.05) is 5.01 Å². The second-order valence-corrected chi connectivity index (χ2v) is 4.80. The molecule has 0 aromatic heterocycles. The highest BCUT2D eigenvalue weighted by molar-refractivity contribution is 6.21. The van der Waals surface area contributed by atoms with Crippen LogP contribution in [0.25, 0.3) is 0 Å². The van der Waals surface area contributed by atoms with Gasteiger partial charge in [0.25, 0.3) is 5.91 Å². The van der Waals surface area contributed by atoms with Crippen molar-refractivity contribution in [2.24, 2.45) is 11.0 Å². The molecule has 0 radical (unpaired) electrons. The number of anilines is 1. The number of benzene rings is 2. The van der Waals surface area contributed by atoms with Crippen LogP contribution in [0, 0.1) is 18.3 Å². The van der Waals surface area contributed by atoms with E-state index in [-0.39, 0.29) is 11.8 Å². The summed E-state index contributed by atoms with van der Waals surface area (Å²) in [6, 6.07) is 19.1. The van der Waals surface area contributed by atoms with E-state index in [9.17, 15) is 4.79 Å². The van der Waals surface area contributed by atoms with Gasteiger partial charge in [0.05, 0.1) is 17.3 Å². The van der Waals surface area contributed by atoms with E-state index in [2.05, 4.69) is 11.0 Å². The first-order valence-corrected chi connectivity index (χ1v) is 6.77. The molecule has 1 atom stereocenters. The summed E-state index contributed by atoms with van der Waals surface area (Å²) in [6.45, 7) is 0. The van der Waals surface area contributed by atoms with Crippen LogP contribution in [0.3, 0.4) is 0 Å². The fourth-order valence-electron chi connectivity index (χ4n) is 2.42. The third-order valence-electron chi connectivity index (χ3n) is 3.44. The van der Waals surface area contributed by atoms with Crippen molar-refractivity contribution in [3.05, 3.63) is 66.2 Å². The molecule has 2 aromatic carbocycles. The van der Waals surface area contributed by atoms with E-state index in [4.69, 9.17) is 6.42 Å². The first-order chi connectivity index (χ1) is 10.3. The summed E-state index contributed by atoms with van der Waals surface area (Å²) in [5.74, 6) is 2.13. The molecule has 1 unspecified atom stereocenters. The molecular formula is C18H14N2O. The number of amides is 1. The maximum absolute atomic E-state index is 12.6. The average molecular weight is 274 g/mol. The maximum Gasteiger partial charge on any atom is 0.257 e. The van der Waals surface area contributed by atoms with Gasteiger partial charge in [0.1, 0.15) is 0 Å². The van der Waals surface area contributed by atoms with Gasteiger partial charge in [-0.15, -0.1) is 12.3 Å². The van der Waals surface area contributed by atoms with Crippen molar-refractivity contribution >= 4 is 17.3 Å². The molecule has 1 amide bonds.